The van der Waals surface area contributed by atoms with Gasteiger partial charge in [-0.05, 0) is 24.1 Å². The van der Waals surface area contributed by atoms with E-state index in [-0.39, 0.29) is 17.9 Å². The molecule has 1 saturated heterocycles. The van der Waals surface area contributed by atoms with E-state index in [2.05, 4.69) is 5.32 Å². The fraction of sp³-hybridized carbons (Fsp3) is 0.500. The number of halogens is 1. The number of hydrogen-bond donors (Lipinski definition) is 1. The van der Waals surface area contributed by atoms with Crippen LogP contribution in [0.5, 0.6) is 0 Å². The van der Waals surface area contributed by atoms with Crippen molar-refractivity contribution in [2.45, 2.75) is 12.5 Å². The van der Waals surface area contributed by atoms with Crippen LogP contribution in [0, 0.1) is 5.92 Å². The smallest absolute Gasteiger partial charge is 0.225 e. The molecule has 1 amide bonds. The monoisotopic (exact) mass is 283 g/mol. The molecule has 1 heterocycles. The molecular formula is C14H18ClNO3. The number of hydrogen-bond acceptors (Lipinski definition) is 3. The lowest BCUT2D eigenvalue weighted by atomic mass is 10.1. The van der Waals surface area contributed by atoms with Crippen LogP contribution < -0.4 is 5.32 Å². The Kier molecular flexibility index (Phi) is 5.19. The molecule has 0 aromatic heterocycles. The van der Waals surface area contributed by atoms with Crippen molar-refractivity contribution >= 4 is 17.5 Å². The number of methoxy groups -OCH3 is 1. The van der Waals surface area contributed by atoms with E-state index in [1.54, 1.807) is 7.11 Å². The van der Waals surface area contributed by atoms with Crippen LogP contribution in [-0.2, 0) is 14.3 Å². The van der Waals surface area contributed by atoms with Gasteiger partial charge in [0.25, 0.3) is 0 Å². The summed E-state index contributed by atoms with van der Waals surface area (Å²) < 4.78 is 10.6. The predicted octanol–water partition coefficient (Wildman–Crippen LogP) is 2.18. The molecule has 0 aliphatic carbocycles. The Morgan fingerprint density at radius 1 is 1.63 bits per heavy atom. The zero-order chi connectivity index (χ0) is 13.7. The highest BCUT2D eigenvalue weighted by molar-refractivity contribution is 6.30. The lowest BCUT2D eigenvalue weighted by Crippen LogP contribution is -2.34. The lowest BCUT2D eigenvalue weighted by Gasteiger charge is -2.18. The van der Waals surface area contributed by atoms with E-state index < -0.39 is 0 Å². The van der Waals surface area contributed by atoms with Gasteiger partial charge in [0.15, 0.2) is 0 Å². The third-order valence-corrected chi connectivity index (χ3v) is 3.50. The van der Waals surface area contributed by atoms with E-state index in [4.69, 9.17) is 21.1 Å². The van der Waals surface area contributed by atoms with Crippen molar-refractivity contribution in [3.05, 3.63) is 34.9 Å². The number of nitrogens with one attached hydrogen (secondary N) is 1. The van der Waals surface area contributed by atoms with Gasteiger partial charge in [0, 0.05) is 25.3 Å². The molecule has 2 rings (SSSR count). The molecular weight excluding hydrogens is 266 g/mol. The summed E-state index contributed by atoms with van der Waals surface area (Å²) in [5.41, 5.74) is 0.956. The van der Waals surface area contributed by atoms with Gasteiger partial charge in [-0.15, -0.1) is 0 Å². The van der Waals surface area contributed by atoms with Crippen LogP contribution in [0.1, 0.15) is 18.1 Å². The summed E-state index contributed by atoms with van der Waals surface area (Å²) in [6.45, 7) is 1.62. The second-order valence-electron chi connectivity index (χ2n) is 4.59. The summed E-state index contributed by atoms with van der Waals surface area (Å²) in [5.74, 6) is -0.00144. The summed E-state index contributed by atoms with van der Waals surface area (Å²) >= 11 is 5.95. The minimum atomic E-state index is -0.190. The Hall–Kier alpha value is -1.10. The first kappa shape index (κ1) is 14.3. The van der Waals surface area contributed by atoms with Gasteiger partial charge in [-0.2, -0.15) is 0 Å². The summed E-state index contributed by atoms with van der Waals surface area (Å²) in [6, 6.07) is 7.47. The predicted molar refractivity (Wildman–Crippen MR) is 73.1 cm³/mol. The zero-order valence-electron chi connectivity index (χ0n) is 10.9. The first-order valence-electron chi connectivity index (χ1n) is 6.34. The Morgan fingerprint density at radius 3 is 3.11 bits per heavy atom. The van der Waals surface area contributed by atoms with Crippen molar-refractivity contribution < 1.29 is 14.3 Å². The first-order valence-corrected chi connectivity index (χ1v) is 6.72. The van der Waals surface area contributed by atoms with Crippen LogP contribution in [0.2, 0.25) is 5.02 Å². The maximum Gasteiger partial charge on any atom is 0.225 e. The lowest BCUT2D eigenvalue weighted by molar-refractivity contribution is -0.125. The van der Waals surface area contributed by atoms with Crippen molar-refractivity contribution in [1.29, 1.82) is 0 Å². The minimum Gasteiger partial charge on any atom is -0.381 e. The van der Waals surface area contributed by atoms with Crippen LogP contribution in [0.25, 0.3) is 0 Å². The molecule has 104 valence electrons. The van der Waals surface area contributed by atoms with E-state index in [9.17, 15) is 4.79 Å². The fourth-order valence-corrected chi connectivity index (χ4v) is 2.32. The van der Waals surface area contributed by atoms with Gasteiger partial charge in [0.1, 0.15) is 0 Å². The summed E-state index contributed by atoms with van der Waals surface area (Å²) in [7, 11) is 1.62. The van der Waals surface area contributed by atoms with Crippen LogP contribution in [0.15, 0.2) is 24.3 Å². The van der Waals surface area contributed by atoms with Crippen LogP contribution in [-0.4, -0.2) is 32.8 Å². The molecule has 19 heavy (non-hydrogen) atoms. The molecule has 0 radical (unpaired) electrons. The van der Waals surface area contributed by atoms with Crippen LogP contribution in [0.4, 0.5) is 0 Å². The molecule has 5 heteroatoms. The highest BCUT2D eigenvalue weighted by Crippen LogP contribution is 2.20. The van der Waals surface area contributed by atoms with E-state index in [1.807, 2.05) is 24.3 Å². The molecule has 1 aliphatic heterocycles. The van der Waals surface area contributed by atoms with Gasteiger partial charge < -0.3 is 14.8 Å². The molecule has 1 aromatic carbocycles. The molecule has 2 atom stereocenters. The van der Waals surface area contributed by atoms with Gasteiger partial charge >= 0.3 is 0 Å². The molecule has 4 nitrogen and oxygen atoms in total. The van der Waals surface area contributed by atoms with E-state index in [1.165, 1.54) is 0 Å². The number of benzene rings is 1. The summed E-state index contributed by atoms with van der Waals surface area (Å²) in [6.07, 6.45) is 0.602. The van der Waals surface area contributed by atoms with Gasteiger partial charge in [0.2, 0.25) is 5.91 Å². The van der Waals surface area contributed by atoms with E-state index >= 15 is 0 Å². The van der Waals surface area contributed by atoms with Crippen molar-refractivity contribution in [3.63, 3.8) is 0 Å². The van der Waals surface area contributed by atoms with Gasteiger partial charge in [0.05, 0.1) is 18.6 Å². The van der Waals surface area contributed by atoms with Crippen molar-refractivity contribution in [3.8, 4) is 0 Å². The van der Waals surface area contributed by atoms with E-state index in [0.717, 1.165) is 12.0 Å². The maximum atomic E-state index is 11.9. The topological polar surface area (TPSA) is 47.6 Å². The Balaban J connectivity index is 1.90. The number of amides is 1. The van der Waals surface area contributed by atoms with Crippen LogP contribution in [0.3, 0.4) is 0 Å². The number of carbonyl (C=O) groups is 1. The Morgan fingerprint density at radius 2 is 2.47 bits per heavy atom. The average Bonchev–Trinajstić information content (AvgIpc) is 2.93. The largest absolute Gasteiger partial charge is 0.381 e. The van der Waals surface area contributed by atoms with Crippen LogP contribution >= 0.6 is 11.6 Å². The molecule has 0 spiro atoms. The van der Waals surface area contributed by atoms with E-state index in [0.29, 0.717) is 24.8 Å². The van der Waals surface area contributed by atoms with Gasteiger partial charge in [-0.3, -0.25) is 4.79 Å². The normalized spacial score (nSPS) is 20.2. The zero-order valence-corrected chi connectivity index (χ0v) is 11.7. The molecule has 0 saturated carbocycles. The molecule has 1 fully saturated rings. The molecule has 2 unspecified atom stereocenters. The van der Waals surface area contributed by atoms with Crippen molar-refractivity contribution in [2.24, 2.45) is 5.92 Å². The number of carbonyl (C=O) groups excluding carboxylic acids is 1. The quantitative estimate of drug-likeness (QED) is 0.901. The fourth-order valence-electron chi connectivity index (χ4n) is 2.12. The Bertz CT molecular complexity index is 432. The standard InChI is InChI=1S/C14H18ClNO3/c1-18-13(10-3-2-4-12(15)7-10)8-16-14(17)11-5-6-19-9-11/h2-4,7,11,13H,5-6,8-9H2,1H3,(H,16,17). The molecule has 1 aliphatic rings. The van der Waals surface area contributed by atoms with Crippen molar-refractivity contribution in [1.82, 2.24) is 5.32 Å². The SMILES string of the molecule is COC(CNC(=O)C1CCOC1)c1cccc(Cl)c1. The summed E-state index contributed by atoms with van der Waals surface area (Å²) in [5, 5.41) is 3.57. The highest BCUT2D eigenvalue weighted by atomic mass is 35.5. The molecule has 0 bridgehead atoms. The average molecular weight is 284 g/mol. The Labute approximate surface area is 118 Å². The highest BCUT2D eigenvalue weighted by Gasteiger charge is 2.24. The molecule has 1 aromatic rings. The maximum absolute atomic E-state index is 11.9. The third kappa shape index (κ3) is 3.93. The third-order valence-electron chi connectivity index (χ3n) is 3.27. The number of ether oxygens (including phenoxy) is 2. The molecule has 1 N–H and O–H groups in total. The van der Waals surface area contributed by atoms with Gasteiger partial charge in [-0.25, -0.2) is 0 Å². The van der Waals surface area contributed by atoms with Crippen molar-refractivity contribution in [2.75, 3.05) is 26.9 Å². The second kappa shape index (κ2) is 6.89. The first-order chi connectivity index (χ1) is 9.20. The van der Waals surface area contributed by atoms with Gasteiger partial charge in [-0.1, -0.05) is 23.7 Å². The second-order valence-corrected chi connectivity index (χ2v) is 5.02. The minimum absolute atomic E-state index is 0.0292. The summed E-state index contributed by atoms with van der Waals surface area (Å²) in [4.78, 5) is 11.9. The number of rotatable bonds is 5.